The molecule has 26 heavy (non-hydrogen) atoms. The molecule has 0 saturated carbocycles. The van der Waals surface area contributed by atoms with Gasteiger partial charge in [-0.3, -0.25) is 4.79 Å². The summed E-state index contributed by atoms with van der Waals surface area (Å²) >= 11 is 0. The van der Waals surface area contributed by atoms with Gasteiger partial charge in [-0.05, 0) is 56.0 Å². The van der Waals surface area contributed by atoms with Gasteiger partial charge in [-0.15, -0.1) is 0 Å². The largest absolute Gasteiger partial charge is 0.465 e. The van der Waals surface area contributed by atoms with Crippen LogP contribution in [-0.4, -0.2) is 43.5 Å². The molecule has 5 nitrogen and oxygen atoms in total. The maximum atomic E-state index is 12.5. The van der Waals surface area contributed by atoms with Crippen molar-refractivity contribution in [1.29, 1.82) is 0 Å². The third kappa shape index (κ3) is 5.56. The van der Waals surface area contributed by atoms with Gasteiger partial charge >= 0.3 is 5.97 Å². The van der Waals surface area contributed by atoms with Crippen molar-refractivity contribution < 1.29 is 14.3 Å². The van der Waals surface area contributed by atoms with Crippen LogP contribution in [0, 0.1) is 5.92 Å². The molecule has 2 aliphatic rings. The molecule has 1 N–H and O–H groups in total. The Bertz CT molecular complexity index is 581. The van der Waals surface area contributed by atoms with Gasteiger partial charge in [0.05, 0.1) is 12.7 Å². The first-order chi connectivity index (χ1) is 12.7. The smallest absolute Gasteiger partial charge is 0.337 e. The van der Waals surface area contributed by atoms with Crippen molar-refractivity contribution >= 4 is 11.9 Å². The number of hydrogen-bond acceptors (Lipinski definition) is 4. The van der Waals surface area contributed by atoms with Gasteiger partial charge < -0.3 is 15.0 Å². The fourth-order valence-corrected chi connectivity index (χ4v) is 3.30. The lowest BCUT2D eigenvalue weighted by atomic mass is 9.94. The van der Waals surface area contributed by atoms with Crippen molar-refractivity contribution in [2.45, 2.75) is 53.5 Å². The van der Waals surface area contributed by atoms with Crippen molar-refractivity contribution in [2.75, 3.05) is 26.7 Å². The van der Waals surface area contributed by atoms with Gasteiger partial charge in [0.2, 0.25) is 0 Å². The molecule has 1 aromatic carbocycles. The Hall–Kier alpha value is -1.88. The molecule has 2 aliphatic heterocycles. The summed E-state index contributed by atoms with van der Waals surface area (Å²) in [5, 5.41) is 3.36. The molecule has 0 atom stereocenters. The monoisotopic (exact) mass is 362 g/mol. The van der Waals surface area contributed by atoms with Crippen LogP contribution in [0.1, 0.15) is 73.2 Å². The van der Waals surface area contributed by atoms with Crippen LogP contribution in [0.2, 0.25) is 0 Å². The molecule has 1 fully saturated rings. The number of piperidine rings is 1. The molecule has 0 radical (unpaired) electrons. The first kappa shape index (κ1) is 22.2. The average molecular weight is 363 g/mol. The van der Waals surface area contributed by atoms with Crippen LogP contribution in [-0.2, 0) is 11.3 Å². The highest BCUT2D eigenvalue weighted by Crippen LogP contribution is 2.26. The van der Waals surface area contributed by atoms with Crippen molar-refractivity contribution in [2.24, 2.45) is 5.92 Å². The van der Waals surface area contributed by atoms with E-state index in [9.17, 15) is 9.59 Å². The lowest BCUT2D eigenvalue weighted by molar-refractivity contribution is 0.0600. The minimum atomic E-state index is -0.399. The van der Waals surface area contributed by atoms with E-state index in [-0.39, 0.29) is 5.91 Å². The van der Waals surface area contributed by atoms with Crippen LogP contribution < -0.4 is 5.32 Å². The molecule has 0 unspecified atom stereocenters. The zero-order valence-corrected chi connectivity index (χ0v) is 16.9. The summed E-state index contributed by atoms with van der Waals surface area (Å²) in [4.78, 5) is 26.0. The third-order valence-corrected chi connectivity index (χ3v) is 4.68. The van der Waals surface area contributed by atoms with Crippen molar-refractivity contribution in [3.63, 3.8) is 0 Å². The Morgan fingerprint density at radius 3 is 2.46 bits per heavy atom. The molecule has 146 valence electrons. The molecule has 5 heteroatoms. The minimum absolute atomic E-state index is 0.0367. The number of benzene rings is 1. The maximum absolute atomic E-state index is 12.5. The summed E-state index contributed by atoms with van der Waals surface area (Å²) in [6.45, 7) is 11.6. The maximum Gasteiger partial charge on any atom is 0.337 e. The van der Waals surface area contributed by atoms with Gasteiger partial charge in [0, 0.05) is 18.7 Å². The van der Waals surface area contributed by atoms with E-state index < -0.39 is 5.97 Å². The highest BCUT2D eigenvalue weighted by Gasteiger charge is 2.28. The average Bonchev–Trinajstić information content (AvgIpc) is 3.04. The Morgan fingerprint density at radius 2 is 1.85 bits per heavy atom. The molecule has 0 aromatic heterocycles. The lowest BCUT2D eigenvalue weighted by Crippen LogP contribution is -2.31. The van der Waals surface area contributed by atoms with Gasteiger partial charge in [0.1, 0.15) is 0 Å². The number of rotatable bonds is 4. The molecule has 1 saturated heterocycles. The van der Waals surface area contributed by atoms with Crippen LogP contribution in [0.4, 0.5) is 0 Å². The van der Waals surface area contributed by atoms with E-state index in [1.165, 1.54) is 20.0 Å². The Kier molecular flexibility index (Phi) is 9.96. The summed E-state index contributed by atoms with van der Waals surface area (Å²) in [5.41, 5.74) is 2.09. The first-order valence-corrected chi connectivity index (χ1v) is 9.90. The van der Waals surface area contributed by atoms with E-state index in [4.69, 9.17) is 4.74 Å². The molecule has 0 spiro atoms. The number of fused-ring (bicyclic) bond motifs is 1. The zero-order valence-electron chi connectivity index (χ0n) is 16.9. The molecule has 0 aliphatic carbocycles. The van der Waals surface area contributed by atoms with E-state index in [0.717, 1.165) is 31.6 Å². The molecular weight excluding hydrogens is 328 g/mol. The highest BCUT2D eigenvalue weighted by molar-refractivity contribution is 6.01. The Labute approximate surface area is 158 Å². The van der Waals surface area contributed by atoms with Gasteiger partial charge in [-0.25, -0.2) is 4.79 Å². The van der Waals surface area contributed by atoms with E-state index in [1.807, 2.05) is 38.7 Å². The van der Waals surface area contributed by atoms with Crippen LogP contribution >= 0.6 is 0 Å². The van der Waals surface area contributed by atoms with Crippen LogP contribution in [0.5, 0.6) is 0 Å². The fourth-order valence-electron chi connectivity index (χ4n) is 3.30. The van der Waals surface area contributed by atoms with Crippen LogP contribution in [0.15, 0.2) is 18.2 Å². The van der Waals surface area contributed by atoms with Crippen molar-refractivity contribution in [3.8, 4) is 0 Å². The van der Waals surface area contributed by atoms with E-state index in [2.05, 4.69) is 5.32 Å². The second-order valence-corrected chi connectivity index (χ2v) is 6.07. The number of hydrogen-bond donors (Lipinski definition) is 1. The summed E-state index contributed by atoms with van der Waals surface area (Å²) in [6, 6.07) is 5.26. The zero-order chi connectivity index (χ0) is 19.5. The predicted molar refractivity (Wildman–Crippen MR) is 105 cm³/mol. The van der Waals surface area contributed by atoms with Crippen LogP contribution in [0.3, 0.4) is 0 Å². The second kappa shape index (κ2) is 11.7. The minimum Gasteiger partial charge on any atom is -0.465 e. The Morgan fingerprint density at radius 1 is 1.19 bits per heavy atom. The predicted octanol–water partition coefficient (Wildman–Crippen LogP) is 3.87. The molecule has 1 aromatic rings. The van der Waals surface area contributed by atoms with Crippen LogP contribution in [0.25, 0.3) is 0 Å². The van der Waals surface area contributed by atoms with Gasteiger partial charge in [-0.1, -0.05) is 33.8 Å². The second-order valence-electron chi connectivity index (χ2n) is 6.07. The number of nitrogens with one attached hydrogen (secondary N) is 1. The van der Waals surface area contributed by atoms with Crippen molar-refractivity contribution in [1.82, 2.24) is 10.2 Å². The first-order valence-electron chi connectivity index (χ1n) is 9.90. The molecular formula is C21H34N2O3. The number of carbonyl (C=O) groups excluding carboxylic acids is 2. The number of methoxy groups -OCH3 is 1. The molecule has 2 heterocycles. The molecule has 1 amide bonds. The van der Waals surface area contributed by atoms with Gasteiger partial charge in [-0.2, -0.15) is 0 Å². The standard InChI is InChI=1S/C17H22N2O3.2C2H6/c1-22-17(21)13-2-3-14-11-19(16(20)15(14)10-13)9-6-12-4-7-18-8-5-12;2*1-2/h2-3,10,12,18H,4-9,11H2,1H3;2*1-2H3. The topological polar surface area (TPSA) is 58.6 Å². The lowest BCUT2D eigenvalue weighted by Gasteiger charge is -2.25. The van der Waals surface area contributed by atoms with Gasteiger partial charge in [0.15, 0.2) is 0 Å². The number of esters is 1. The van der Waals surface area contributed by atoms with Gasteiger partial charge in [0.25, 0.3) is 5.91 Å². The number of amides is 1. The van der Waals surface area contributed by atoms with Crippen molar-refractivity contribution in [3.05, 3.63) is 34.9 Å². The fraction of sp³-hybridized carbons (Fsp3) is 0.619. The number of carbonyl (C=O) groups is 2. The highest BCUT2D eigenvalue weighted by atomic mass is 16.5. The summed E-state index contributed by atoms with van der Waals surface area (Å²) < 4.78 is 4.72. The Balaban J connectivity index is 0.000000791. The van der Waals surface area contributed by atoms with E-state index in [1.54, 1.807) is 12.1 Å². The SMILES string of the molecule is CC.CC.COC(=O)c1ccc2c(c1)C(=O)N(CCC1CCNCC1)C2. The number of nitrogens with zero attached hydrogens (tertiary/aromatic N) is 1. The molecule has 0 bridgehead atoms. The molecule has 3 rings (SSSR count). The summed E-state index contributed by atoms with van der Waals surface area (Å²) in [6.07, 6.45) is 3.45. The third-order valence-electron chi connectivity index (χ3n) is 4.68. The quantitative estimate of drug-likeness (QED) is 0.826. The number of ether oxygens (including phenoxy) is 1. The van der Waals surface area contributed by atoms with E-state index in [0.29, 0.717) is 23.6 Å². The summed E-state index contributed by atoms with van der Waals surface area (Å²) in [5.74, 6) is 0.349. The normalized spacial score (nSPS) is 16.0. The summed E-state index contributed by atoms with van der Waals surface area (Å²) in [7, 11) is 1.35. The van der Waals surface area contributed by atoms with E-state index >= 15 is 0 Å².